The van der Waals surface area contributed by atoms with Crippen molar-refractivity contribution in [2.75, 3.05) is 0 Å². The largest absolute Gasteiger partial charge is 0.508 e. The summed E-state index contributed by atoms with van der Waals surface area (Å²) in [7, 11) is 0. The summed E-state index contributed by atoms with van der Waals surface area (Å²) in [5.41, 5.74) is 1.26. The van der Waals surface area contributed by atoms with E-state index in [-0.39, 0.29) is 30.2 Å². The molecule has 0 spiro atoms. The maximum atomic E-state index is 12.1. The van der Waals surface area contributed by atoms with Gasteiger partial charge in [-0.3, -0.25) is 9.59 Å². The molecule has 2 unspecified atom stereocenters. The molecule has 23 heavy (non-hydrogen) atoms. The van der Waals surface area contributed by atoms with Crippen molar-refractivity contribution in [3.63, 3.8) is 0 Å². The van der Waals surface area contributed by atoms with Gasteiger partial charge in [0.25, 0.3) is 6.47 Å². The summed E-state index contributed by atoms with van der Waals surface area (Å²) in [5, 5.41) is 18.6. The Bertz CT molecular complexity index is 618. The number of benzene rings is 1. The monoisotopic (exact) mass is 316 g/mol. The Labute approximate surface area is 134 Å². The molecular weight excluding hydrogens is 296 g/mol. The fourth-order valence-electron chi connectivity index (χ4n) is 2.76. The maximum Gasteiger partial charge on any atom is 0.293 e. The summed E-state index contributed by atoms with van der Waals surface area (Å²) in [6.07, 6.45) is 8.67. The van der Waals surface area contributed by atoms with Crippen LogP contribution in [0.4, 0.5) is 0 Å². The van der Waals surface area contributed by atoms with Crippen molar-refractivity contribution in [1.29, 1.82) is 0 Å². The van der Waals surface area contributed by atoms with Crippen LogP contribution in [0.25, 0.3) is 6.08 Å². The van der Waals surface area contributed by atoms with Crippen molar-refractivity contribution in [2.45, 2.75) is 32.0 Å². The van der Waals surface area contributed by atoms with Gasteiger partial charge in [-0.05, 0) is 43.0 Å². The van der Waals surface area contributed by atoms with Gasteiger partial charge < -0.3 is 14.9 Å². The summed E-state index contributed by atoms with van der Waals surface area (Å²) < 4.78 is 4.95. The van der Waals surface area contributed by atoms with E-state index in [1.165, 1.54) is 12.1 Å². The molecule has 2 rings (SSSR count). The standard InChI is InChI=1S/C18H20O5/c19-11-14-10-13(8-9-16(14)21)4-1-2-6-17(22)15-5-3-7-18(15)23-12-20/h1-2,4,6,8-10,12,15,18-19,21H,3,5,7,11H2. The van der Waals surface area contributed by atoms with Crippen molar-refractivity contribution in [3.05, 3.63) is 47.6 Å². The molecule has 5 heteroatoms. The second-order valence-corrected chi connectivity index (χ2v) is 5.48. The number of aliphatic hydroxyl groups excluding tert-OH is 1. The lowest BCUT2D eigenvalue weighted by Gasteiger charge is -2.14. The Morgan fingerprint density at radius 2 is 2.13 bits per heavy atom. The first kappa shape index (κ1) is 17.0. The van der Waals surface area contributed by atoms with Gasteiger partial charge in [0.15, 0.2) is 5.78 Å². The average molecular weight is 316 g/mol. The quantitative estimate of drug-likeness (QED) is 0.458. The van der Waals surface area contributed by atoms with Crippen molar-refractivity contribution in [3.8, 4) is 5.75 Å². The molecule has 0 amide bonds. The number of ether oxygens (including phenoxy) is 1. The number of aromatic hydroxyl groups is 1. The topological polar surface area (TPSA) is 83.8 Å². The van der Waals surface area contributed by atoms with Crippen LogP contribution in [0.15, 0.2) is 36.4 Å². The molecule has 2 atom stereocenters. The average Bonchev–Trinajstić information content (AvgIpc) is 3.01. The van der Waals surface area contributed by atoms with Crippen molar-refractivity contribution in [2.24, 2.45) is 5.92 Å². The number of rotatable bonds is 7. The second kappa shape index (κ2) is 8.29. The van der Waals surface area contributed by atoms with Gasteiger partial charge in [0.2, 0.25) is 0 Å². The fraction of sp³-hybridized carbons (Fsp3) is 0.333. The van der Waals surface area contributed by atoms with E-state index in [0.717, 1.165) is 24.8 Å². The van der Waals surface area contributed by atoms with E-state index < -0.39 is 0 Å². The third kappa shape index (κ3) is 4.53. The van der Waals surface area contributed by atoms with Crippen LogP contribution in [0.5, 0.6) is 5.75 Å². The Balaban J connectivity index is 1.95. The Morgan fingerprint density at radius 1 is 1.30 bits per heavy atom. The number of aliphatic hydroxyl groups is 1. The summed E-state index contributed by atoms with van der Waals surface area (Å²) in [4.78, 5) is 22.5. The third-order valence-electron chi connectivity index (χ3n) is 3.98. The zero-order valence-electron chi connectivity index (χ0n) is 12.7. The minimum atomic E-state index is -0.308. The molecule has 0 radical (unpaired) electrons. The lowest BCUT2D eigenvalue weighted by atomic mass is 10.00. The molecule has 122 valence electrons. The number of carbonyl (C=O) groups excluding carboxylic acids is 2. The molecule has 5 nitrogen and oxygen atoms in total. The van der Waals surface area contributed by atoms with E-state index in [0.29, 0.717) is 12.0 Å². The van der Waals surface area contributed by atoms with Crippen molar-refractivity contribution < 1.29 is 24.5 Å². The summed E-state index contributed by atoms with van der Waals surface area (Å²) in [6, 6.07) is 4.90. The van der Waals surface area contributed by atoms with E-state index in [9.17, 15) is 14.7 Å². The SMILES string of the molecule is O=COC1CCCC1C(=O)C=CC=Cc1ccc(O)c(CO)c1. The summed E-state index contributed by atoms with van der Waals surface area (Å²) in [5.74, 6) is -0.238. The van der Waals surface area contributed by atoms with E-state index in [1.807, 2.05) is 0 Å². The number of hydrogen-bond donors (Lipinski definition) is 2. The normalized spacial score (nSPS) is 21.1. The van der Waals surface area contributed by atoms with Crippen LogP contribution in [0, 0.1) is 5.92 Å². The smallest absolute Gasteiger partial charge is 0.293 e. The van der Waals surface area contributed by atoms with Crippen LogP contribution >= 0.6 is 0 Å². The molecule has 1 saturated carbocycles. The minimum absolute atomic E-state index is 0.0410. The third-order valence-corrected chi connectivity index (χ3v) is 3.98. The van der Waals surface area contributed by atoms with Crippen LogP contribution in [0.3, 0.4) is 0 Å². The van der Waals surface area contributed by atoms with E-state index in [2.05, 4.69) is 0 Å². The van der Waals surface area contributed by atoms with Gasteiger partial charge in [-0.15, -0.1) is 0 Å². The molecule has 0 aliphatic heterocycles. The molecule has 2 N–H and O–H groups in total. The van der Waals surface area contributed by atoms with Crippen molar-refractivity contribution in [1.82, 2.24) is 0 Å². The van der Waals surface area contributed by atoms with Gasteiger partial charge in [0.1, 0.15) is 11.9 Å². The Morgan fingerprint density at radius 3 is 2.87 bits per heavy atom. The van der Waals surface area contributed by atoms with Gasteiger partial charge >= 0.3 is 0 Å². The maximum absolute atomic E-state index is 12.1. The lowest BCUT2D eigenvalue weighted by Crippen LogP contribution is -2.24. The molecule has 0 aromatic heterocycles. The van der Waals surface area contributed by atoms with Crippen LogP contribution in [0.1, 0.15) is 30.4 Å². The highest BCUT2D eigenvalue weighted by Gasteiger charge is 2.32. The van der Waals surface area contributed by atoms with Gasteiger partial charge in [-0.1, -0.05) is 24.3 Å². The van der Waals surface area contributed by atoms with E-state index in [4.69, 9.17) is 9.84 Å². The molecule has 0 heterocycles. The minimum Gasteiger partial charge on any atom is -0.508 e. The molecule has 0 bridgehead atoms. The zero-order valence-corrected chi connectivity index (χ0v) is 12.7. The Kier molecular flexibility index (Phi) is 6.11. The van der Waals surface area contributed by atoms with Crippen LogP contribution in [0.2, 0.25) is 0 Å². The predicted molar refractivity (Wildman–Crippen MR) is 85.5 cm³/mol. The number of ketones is 1. The molecule has 1 aromatic rings. The summed E-state index contributed by atoms with van der Waals surface area (Å²) in [6.45, 7) is 0.172. The van der Waals surface area contributed by atoms with E-state index in [1.54, 1.807) is 30.4 Å². The van der Waals surface area contributed by atoms with Crippen LogP contribution in [-0.2, 0) is 20.9 Å². The molecular formula is C18H20O5. The Hall–Kier alpha value is -2.40. The van der Waals surface area contributed by atoms with Gasteiger partial charge in [-0.25, -0.2) is 0 Å². The number of carbonyl (C=O) groups is 2. The fourth-order valence-corrected chi connectivity index (χ4v) is 2.76. The highest BCUT2D eigenvalue weighted by atomic mass is 16.5. The first-order chi connectivity index (χ1) is 11.2. The number of phenols is 1. The van der Waals surface area contributed by atoms with Gasteiger partial charge in [0.05, 0.1) is 12.5 Å². The van der Waals surface area contributed by atoms with Crippen LogP contribution in [-0.4, -0.2) is 28.6 Å². The predicted octanol–water partition coefficient (Wildman–Crippen LogP) is 2.36. The summed E-state index contributed by atoms with van der Waals surface area (Å²) >= 11 is 0. The lowest BCUT2D eigenvalue weighted by molar-refractivity contribution is -0.137. The van der Waals surface area contributed by atoms with Crippen LogP contribution < -0.4 is 0 Å². The highest BCUT2D eigenvalue weighted by Crippen LogP contribution is 2.29. The highest BCUT2D eigenvalue weighted by molar-refractivity contribution is 5.92. The molecule has 1 fully saturated rings. The van der Waals surface area contributed by atoms with E-state index >= 15 is 0 Å². The second-order valence-electron chi connectivity index (χ2n) is 5.48. The molecule has 1 aliphatic rings. The first-order valence-corrected chi connectivity index (χ1v) is 7.56. The molecule has 1 aliphatic carbocycles. The first-order valence-electron chi connectivity index (χ1n) is 7.56. The molecule has 0 saturated heterocycles. The van der Waals surface area contributed by atoms with Gasteiger partial charge in [-0.2, -0.15) is 0 Å². The zero-order chi connectivity index (χ0) is 16.7. The molecule has 1 aromatic carbocycles. The number of allylic oxidation sites excluding steroid dienone is 3. The van der Waals surface area contributed by atoms with Crippen molar-refractivity contribution >= 4 is 18.3 Å². The number of hydrogen-bond acceptors (Lipinski definition) is 5. The van der Waals surface area contributed by atoms with Gasteiger partial charge in [0, 0.05) is 5.56 Å².